The second kappa shape index (κ2) is 39.3. The third-order valence-electron chi connectivity index (χ3n) is 9.08. The topological polar surface area (TPSA) is 172 Å². The predicted octanol–water partition coefficient (Wildman–Crippen LogP) is 11.4. The van der Waals surface area contributed by atoms with Gasteiger partial charge in [-0.15, -0.1) is 0 Å². The summed E-state index contributed by atoms with van der Waals surface area (Å²) in [6.07, 6.45) is 43.2. The molecule has 0 saturated carbocycles. The number of ether oxygens (including phenoxy) is 2. The number of allylic oxidation sites excluding steroid dienone is 8. The molecule has 12 heteroatoms. The molecule has 0 aliphatic heterocycles. The molecule has 0 amide bonds. The lowest BCUT2D eigenvalue weighted by molar-refractivity contribution is -0.161. The molecule has 0 bridgehead atoms. The van der Waals surface area contributed by atoms with E-state index in [0.29, 0.717) is 19.3 Å². The Morgan fingerprint density at radius 2 is 0.964 bits per heavy atom. The van der Waals surface area contributed by atoms with Crippen molar-refractivity contribution >= 4 is 25.7 Å². The van der Waals surface area contributed by atoms with E-state index in [4.69, 9.17) is 24.8 Å². The van der Waals surface area contributed by atoms with Crippen LogP contribution < -0.4 is 5.73 Å². The van der Waals surface area contributed by atoms with Crippen molar-refractivity contribution in [1.29, 1.82) is 0 Å². The molecule has 0 fully saturated rings. The van der Waals surface area contributed by atoms with E-state index in [1.165, 1.54) is 89.9 Å². The molecule has 0 radical (unpaired) electrons. The van der Waals surface area contributed by atoms with Gasteiger partial charge in [0, 0.05) is 12.8 Å². The number of nitrogens with two attached hydrogens (primary N) is 1. The van der Waals surface area contributed by atoms with Crippen molar-refractivity contribution < 1.29 is 47.5 Å². The Hall–Kier alpha value is -2.56. The van der Waals surface area contributed by atoms with Crippen molar-refractivity contribution in [2.75, 3.05) is 19.8 Å². The average Bonchev–Trinajstić information content (AvgIpc) is 3.17. The lowest BCUT2D eigenvalue weighted by Crippen LogP contribution is -2.34. The van der Waals surface area contributed by atoms with Gasteiger partial charge in [-0.2, -0.15) is 0 Å². The molecule has 3 atom stereocenters. The number of phosphoric ester groups is 1. The first-order valence-corrected chi connectivity index (χ1v) is 23.2. The highest BCUT2D eigenvalue weighted by Gasteiger charge is 2.28. The molecule has 0 saturated heterocycles. The van der Waals surface area contributed by atoms with Gasteiger partial charge in [0.25, 0.3) is 0 Å². The minimum Gasteiger partial charge on any atom is -0.480 e. The van der Waals surface area contributed by atoms with Crippen LogP contribution in [0.5, 0.6) is 0 Å². The van der Waals surface area contributed by atoms with Crippen molar-refractivity contribution in [3.63, 3.8) is 0 Å². The minimum atomic E-state index is -4.73. The van der Waals surface area contributed by atoms with Gasteiger partial charge in [-0.25, -0.2) is 4.57 Å². The number of carbonyl (C=O) groups excluding carboxylic acids is 2. The van der Waals surface area contributed by atoms with Crippen molar-refractivity contribution in [2.45, 2.75) is 193 Å². The number of unbranched alkanes of at least 4 members (excludes halogenated alkanes) is 18. The van der Waals surface area contributed by atoms with Crippen LogP contribution in [0.4, 0.5) is 0 Å². The number of esters is 2. The molecular formula is C44H78NO10P. The van der Waals surface area contributed by atoms with Gasteiger partial charge in [0.05, 0.1) is 13.2 Å². The molecule has 324 valence electrons. The van der Waals surface area contributed by atoms with Gasteiger partial charge in [-0.3, -0.25) is 23.4 Å². The molecule has 4 N–H and O–H groups in total. The summed E-state index contributed by atoms with van der Waals surface area (Å²) in [5.41, 5.74) is 5.33. The highest BCUT2D eigenvalue weighted by molar-refractivity contribution is 7.47. The van der Waals surface area contributed by atoms with E-state index in [0.717, 1.165) is 44.9 Å². The van der Waals surface area contributed by atoms with Gasteiger partial charge >= 0.3 is 25.7 Å². The molecule has 1 unspecified atom stereocenters. The van der Waals surface area contributed by atoms with Gasteiger partial charge in [0.1, 0.15) is 12.6 Å². The number of aliphatic carboxylic acids is 1. The summed E-state index contributed by atoms with van der Waals surface area (Å²) in [7, 11) is -4.73. The fourth-order valence-electron chi connectivity index (χ4n) is 5.65. The number of carboxylic acids is 1. The second-order valence-electron chi connectivity index (χ2n) is 14.5. The van der Waals surface area contributed by atoms with Crippen LogP contribution in [0.25, 0.3) is 0 Å². The Morgan fingerprint density at radius 1 is 0.554 bits per heavy atom. The first kappa shape index (κ1) is 53.4. The maximum atomic E-state index is 12.6. The highest BCUT2D eigenvalue weighted by Crippen LogP contribution is 2.43. The Balaban J connectivity index is 4.45. The van der Waals surface area contributed by atoms with Crippen LogP contribution >= 0.6 is 7.82 Å². The lowest BCUT2D eigenvalue weighted by atomic mass is 10.0. The highest BCUT2D eigenvalue weighted by atomic mass is 31.2. The largest absolute Gasteiger partial charge is 0.480 e. The third kappa shape index (κ3) is 38.3. The molecule has 0 aromatic carbocycles. The Kier molecular flexibility index (Phi) is 37.5. The maximum absolute atomic E-state index is 12.6. The van der Waals surface area contributed by atoms with Crippen LogP contribution in [-0.2, 0) is 37.5 Å². The molecule has 0 aromatic rings. The van der Waals surface area contributed by atoms with Crippen molar-refractivity contribution in [3.05, 3.63) is 48.6 Å². The molecule has 0 aromatic heterocycles. The maximum Gasteiger partial charge on any atom is 0.472 e. The van der Waals surface area contributed by atoms with Crippen molar-refractivity contribution in [2.24, 2.45) is 5.73 Å². The molecular weight excluding hydrogens is 733 g/mol. The quantitative estimate of drug-likeness (QED) is 0.0233. The fourth-order valence-corrected chi connectivity index (χ4v) is 6.42. The Labute approximate surface area is 339 Å². The summed E-state index contributed by atoms with van der Waals surface area (Å²) < 4.78 is 32.6. The van der Waals surface area contributed by atoms with E-state index >= 15 is 0 Å². The summed E-state index contributed by atoms with van der Waals surface area (Å²) in [6, 6.07) is -1.53. The summed E-state index contributed by atoms with van der Waals surface area (Å²) >= 11 is 0. The Bertz CT molecular complexity index is 1140. The zero-order valence-electron chi connectivity index (χ0n) is 35.0. The zero-order valence-corrected chi connectivity index (χ0v) is 35.9. The molecule has 56 heavy (non-hydrogen) atoms. The smallest absolute Gasteiger partial charge is 0.472 e. The third-order valence-corrected chi connectivity index (χ3v) is 10.0. The molecule has 0 rings (SSSR count). The van der Waals surface area contributed by atoms with E-state index in [9.17, 15) is 23.8 Å². The number of phosphoric acid groups is 1. The first-order valence-electron chi connectivity index (χ1n) is 21.7. The van der Waals surface area contributed by atoms with Crippen LogP contribution in [0, 0.1) is 0 Å². The normalized spacial score (nSPS) is 14.2. The standard InChI is InChI=1S/C44H78NO10P/c1-3-5-7-9-11-13-15-17-19-20-22-23-25-27-29-31-33-35-42(46)52-37-40(38-53-56(50,51)54-39-41(45)44(48)49)55-43(47)36-34-32-30-28-26-24-21-18-16-14-12-10-8-6-4-2/h11,13,17,19,22-23,27,29,40-41H,3-10,12,14-16,18,20-21,24-26,28,30-39,45H2,1-2H3,(H,48,49)(H,50,51)/b13-11+,19-17+,23-22+,29-27+/t40-,41+/m1/s1. The molecule has 0 aliphatic rings. The van der Waals surface area contributed by atoms with E-state index in [1.807, 2.05) is 6.08 Å². The Morgan fingerprint density at radius 3 is 1.46 bits per heavy atom. The average molecular weight is 812 g/mol. The van der Waals surface area contributed by atoms with Gasteiger partial charge in [-0.1, -0.05) is 165 Å². The van der Waals surface area contributed by atoms with Crippen LogP contribution in [0.2, 0.25) is 0 Å². The van der Waals surface area contributed by atoms with Crippen LogP contribution in [0.3, 0.4) is 0 Å². The SMILES string of the molecule is CCCCC/C=C/C/C=C/C/C=C/C/C=C/CCCC(=O)OC[C@H](COP(=O)(O)OC[C@H](N)C(=O)O)OC(=O)CCCCCCCCCCCCCCCCC. The molecule has 11 nitrogen and oxygen atoms in total. The van der Waals surface area contributed by atoms with Gasteiger partial charge in [0.15, 0.2) is 6.10 Å². The van der Waals surface area contributed by atoms with Gasteiger partial charge in [0.2, 0.25) is 0 Å². The summed E-state index contributed by atoms with van der Waals surface area (Å²) in [4.78, 5) is 45.9. The molecule has 0 heterocycles. The van der Waals surface area contributed by atoms with Crippen molar-refractivity contribution in [1.82, 2.24) is 0 Å². The van der Waals surface area contributed by atoms with E-state index in [2.05, 4.69) is 60.9 Å². The number of hydrogen-bond acceptors (Lipinski definition) is 9. The number of rotatable bonds is 40. The predicted molar refractivity (Wildman–Crippen MR) is 226 cm³/mol. The van der Waals surface area contributed by atoms with E-state index in [-0.39, 0.29) is 19.4 Å². The minimum absolute atomic E-state index is 0.146. The first-order chi connectivity index (χ1) is 27.1. The molecule has 0 aliphatic carbocycles. The van der Waals surface area contributed by atoms with Crippen LogP contribution in [0.1, 0.15) is 181 Å². The lowest BCUT2D eigenvalue weighted by Gasteiger charge is -2.20. The van der Waals surface area contributed by atoms with Crippen molar-refractivity contribution in [3.8, 4) is 0 Å². The zero-order chi connectivity index (χ0) is 41.4. The van der Waals surface area contributed by atoms with E-state index in [1.54, 1.807) is 0 Å². The summed E-state index contributed by atoms with van der Waals surface area (Å²) in [5, 5.41) is 8.88. The fraction of sp³-hybridized carbons (Fsp3) is 0.750. The number of hydrogen-bond donors (Lipinski definition) is 3. The second-order valence-corrected chi connectivity index (χ2v) is 15.9. The van der Waals surface area contributed by atoms with Crippen LogP contribution in [0.15, 0.2) is 48.6 Å². The van der Waals surface area contributed by atoms with Crippen LogP contribution in [-0.4, -0.2) is 59.9 Å². The van der Waals surface area contributed by atoms with Gasteiger partial charge in [-0.05, 0) is 51.4 Å². The monoisotopic (exact) mass is 812 g/mol. The molecule has 0 spiro atoms. The number of carboxylic acid groups (broad SMARTS) is 1. The summed E-state index contributed by atoms with van der Waals surface area (Å²) in [5.74, 6) is -2.45. The van der Waals surface area contributed by atoms with Gasteiger partial charge < -0.3 is 25.2 Å². The summed E-state index contributed by atoms with van der Waals surface area (Å²) in [6.45, 7) is 2.72. The van der Waals surface area contributed by atoms with E-state index < -0.39 is 51.1 Å². The number of carbonyl (C=O) groups is 3.